The largest absolute Gasteiger partial charge is 0.462 e. The quantitative estimate of drug-likeness (QED) is 0.0371. The van der Waals surface area contributed by atoms with Gasteiger partial charge in [-0.15, -0.1) is 0 Å². The standard InChI is InChI=1S/C41H78O10/c1-3-5-7-9-11-13-14-15-16-17-18-19-20-22-24-26-28-30-37(44)50-34(33-49-41-40(47)39(46)38(45)35(31-42)51-41)32-48-36(43)29-27-25-23-21-12-10-8-6-4-2/h34-35,38-42,45-47H,3-33H2,1-2H3/t34-,35-,38+,39?,40?,41-/m1/s1. The summed E-state index contributed by atoms with van der Waals surface area (Å²) in [4.78, 5) is 25.2. The summed E-state index contributed by atoms with van der Waals surface area (Å²) >= 11 is 0. The number of hydrogen-bond donors (Lipinski definition) is 4. The van der Waals surface area contributed by atoms with Crippen molar-refractivity contribution in [2.45, 2.75) is 230 Å². The average Bonchev–Trinajstić information content (AvgIpc) is 3.13. The normalized spacial score (nSPS) is 21.1. The number of carbonyl (C=O) groups is 2. The van der Waals surface area contributed by atoms with Crippen molar-refractivity contribution in [3.05, 3.63) is 0 Å². The molecule has 10 heteroatoms. The topological polar surface area (TPSA) is 152 Å². The Morgan fingerprint density at radius 1 is 0.529 bits per heavy atom. The highest BCUT2D eigenvalue weighted by atomic mass is 16.7. The Labute approximate surface area is 310 Å². The van der Waals surface area contributed by atoms with E-state index in [0.717, 1.165) is 38.5 Å². The molecule has 0 aromatic heterocycles. The molecule has 0 saturated carbocycles. The van der Waals surface area contributed by atoms with E-state index in [4.69, 9.17) is 18.9 Å². The first-order valence-corrected chi connectivity index (χ1v) is 21.1. The number of aliphatic hydroxyl groups is 4. The van der Waals surface area contributed by atoms with Gasteiger partial charge in [0.25, 0.3) is 0 Å². The van der Waals surface area contributed by atoms with Gasteiger partial charge in [-0.05, 0) is 12.8 Å². The Morgan fingerprint density at radius 3 is 1.33 bits per heavy atom. The van der Waals surface area contributed by atoms with Gasteiger partial charge < -0.3 is 39.4 Å². The van der Waals surface area contributed by atoms with Crippen LogP contribution in [0.5, 0.6) is 0 Å². The molecule has 1 heterocycles. The number of ether oxygens (including phenoxy) is 4. The fraction of sp³-hybridized carbons (Fsp3) is 0.951. The fourth-order valence-corrected chi connectivity index (χ4v) is 6.60. The van der Waals surface area contributed by atoms with Crippen LogP contribution >= 0.6 is 0 Å². The molecule has 1 fully saturated rings. The van der Waals surface area contributed by atoms with Crippen molar-refractivity contribution < 1.29 is 49.0 Å². The van der Waals surface area contributed by atoms with E-state index in [-0.39, 0.29) is 32.0 Å². The van der Waals surface area contributed by atoms with Crippen molar-refractivity contribution in [3.63, 3.8) is 0 Å². The lowest BCUT2D eigenvalue weighted by atomic mass is 9.99. The van der Waals surface area contributed by atoms with Crippen LogP contribution in [0.2, 0.25) is 0 Å². The molecule has 0 aliphatic carbocycles. The predicted octanol–water partition coefficient (Wildman–Crippen LogP) is 8.22. The number of hydrogen-bond acceptors (Lipinski definition) is 10. The van der Waals surface area contributed by atoms with Gasteiger partial charge in [0.15, 0.2) is 12.4 Å². The maximum absolute atomic E-state index is 12.7. The highest BCUT2D eigenvalue weighted by molar-refractivity contribution is 5.70. The molecule has 1 aliphatic heterocycles. The molecule has 0 amide bonds. The molecule has 1 saturated heterocycles. The third kappa shape index (κ3) is 25.4. The lowest BCUT2D eigenvalue weighted by molar-refractivity contribution is -0.305. The molecule has 0 spiro atoms. The molecule has 0 aromatic carbocycles. The zero-order chi connectivity index (χ0) is 37.4. The molecular formula is C41H78O10. The van der Waals surface area contributed by atoms with E-state index >= 15 is 0 Å². The second kappa shape index (κ2) is 33.3. The van der Waals surface area contributed by atoms with Gasteiger partial charge in [0.2, 0.25) is 0 Å². The van der Waals surface area contributed by atoms with Crippen molar-refractivity contribution in [1.82, 2.24) is 0 Å². The Hall–Kier alpha value is -1.30. The molecule has 4 N–H and O–H groups in total. The van der Waals surface area contributed by atoms with Crippen molar-refractivity contribution in [2.24, 2.45) is 0 Å². The smallest absolute Gasteiger partial charge is 0.306 e. The third-order valence-electron chi connectivity index (χ3n) is 9.99. The van der Waals surface area contributed by atoms with Crippen LogP contribution in [0.25, 0.3) is 0 Å². The second-order valence-electron chi connectivity index (χ2n) is 14.8. The van der Waals surface area contributed by atoms with E-state index in [1.54, 1.807) is 0 Å². The summed E-state index contributed by atoms with van der Waals surface area (Å²) in [7, 11) is 0. The van der Waals surface area contributed by atoms with Gasteiger partial charge in [0.05, 0.1) is 13.2 Å². The average molecular weight is 731 g/mol. The SMILES string of the molecule is CCCCCCCCCCCCCCCCCCCC(=O)O[C@H](COC(=O)CCCCCCCCCCC)CO[C@@H]1O[C@H](CO)[C@H](O)C(O)C1O. The summed E-state index contributed by atoms with van der Waals surface area (Å²) in [5.74, 6) is -0.798. The number of unbranched alkanes of at least 4 members (excludes halogenated alkanes) is 24. The fourth-order valence-electron chi connectivity index (χ4n) is 6.60. The molecule has 6 atom stereocenters. The van der Waals surface area contributed by atoms with Gasteiger partial charge in [-0.3, -0.25) is 9.59 Å². The van der Waals surface area contributed by atoms with Crippen LogP contribution in [0.3, 0.4) is 0 Å². The van der Waals surface area contributed by atoms with Crippen LogP contribution in [-0.4, -0.2) is 89.0 Å². The summed E-state index contributed by atoms with van der Waals surface area (Å²) in [5, 5.41) is 39.9. The Morgan fingerprint density at radius 2 is 0.922 bits per heavy atom. The summed E-state index contributed by atoms with van der Waals surface area (Å²) in [6.45, 7) is 3.41. The Bertz CT molecular complexity index is 809. The first-order valence-electron chi connectivity index (χ1n) is 21.1. The van der Waals surface area contributed by atoms with E-state index in [1.165, 1.54) is 122 Å². The zero-order valence-electron chi connectivity index (χ0n) is 32.6. The summed E-state index contributed by atoms with van der Waals surface area (Å²) in [6, 6.07) is 0. The van der Waals surface area contributed by atoms with E-state index in [0.29, 0.717) is 6.42 Å². The monoisotopic (exact) mass is 731 g/mol. The predicted molar refractivity (Wildman–Crippen MR) is 201 cm³/mol. The van der Waals surface area contributed by atoms with Gasteiger partial charge in [0.1, 0.15) is 31.0 Å². The second-order valence-corrected chi connectivity index (χ2v) is 14.8. The maximum atomic E-state index is 12.7. The van der Waals surface area contributed by atoms with Gasteiger partial charge in [-0.1, -0.05) is 168 Å². The summed E-state index contributed by atoms with van der Waals surface area (Å²) < 4.78 is 22.1. The van der Waals surface area contributed by atoms with Crippen molar-refractivity contribution in [3.8, 4) is 0 Å². The first kappa shape index (κ1) is 47.7. The minimum atomic E-state index is -1.59. The summed E-state index contributed by atoms with van der Waals surface area (Å²) in [5.41, 5.74) is 0. The van der Waals surface area contributed by atoms with Crippen LogP contribution in [0.4, 0.5) is 0 Å². The van der Waals surface area contributed by atoms with Crippen LogP contribution < -0.4 is 0 Å². The van der Waals surface area contributed by atoms with E-state index in [9.17, 15) is 30.0 Å². The molecule has 0 aromatic rings. The van der Waals surface area contributed by atoms with Crippen LogP contribution in [0.1, 0.15) is 194 Å². The molecular weight excluding hydrogens is 652 g/mol. The molecule has 2 unspecified atom stereocenters. The van der Waals surface area contributed by atoms with Gasteiger partial charge in [-0.25, -0.2) is 0 Å². The lowest BCUT2D eigenvalue weighted by Gasteiger charge is -2.39. The van der Waals surface area contributed by atoms with E-state index < -0.39 is 49.4 Å². The highest BCUT2D eigenvalue weighted by Gasteiger charge is 2.44. The molecule has 51 heavy (non-hydrogen) atoms. The van der Waals surface area contributed by atoms with Crippen molar-refractivity contribution in [1.29, 1.82) is 0 Å². The maximum Gasteiger partial charge on any atom is 0.306 e. The van der Waals surface area contributed by atoms with Crippen molar-refractivity contribution >= 4 is 11.9 Å². The van der Waals surface area contributed by atoms with Crippen LogP contribution in [-0.2, 0) is 28.5 Å². The first-order chi connectivity index (χ1) is 24.8. The molecule has 302 valence electrons. The summed E-state index contributed by atoms with van der Waals surface area (Å²) in [6.07, 6.45) is 24.0. The van der Waals surface area contributed by atoms with Crippen LogP contribution in [0, 0.1) is 0 Å². The Kier molecular flexibility index (Phi) is 31.1. The van der Waals surface area contributed by atoms with E-state index in [1.807, 2.05) is 0 Å². The van der Waals surface area contributed by atoms with Gasteiger partial charge in [-0.2, -0.15) is 0 Å². The van der Waals surface area contributed by atoms with Crippen LogP contribution in [0.15, 0.2) is 0 Å². The molecule has 1 aliphatic rings. The molecule has 0 radical (unpaired) electrons. The van der Waals surface area contributed by atoms with Gasteiger partial charge >= 0.3 is 11.9 Å². The highest BCUT2D eigenvalue weighted by Crippen LogP contribution is 2.23. The minimum absolute atomic E-state index is 0.210. The molecule has 10 nitrogen and oxygen atoms in total. The van der Waals surface area contributed by atoms with Gasteiger partial charge in [0, 0.05) is 12.8 Å². The molecule has 1 rings (SSSR count). The number of carbonyl (C=O) groups excluding carboxylic acids is 2. The van der Waals surface area contributed by atoms with E-state index in [2.05, 4.69) is 13.8 Å². The number of esters is 2. The molecule has 0 bridgehead atoms. The third-order valence-corrected chi connectivity index (χ3v) is 9.99. The Balaban J connectivity index is 2.31. The zero-order valence-corrected chi connectivity index (χ0v) is 32.6. The number of rotatable bonds is 35. The number of aliphatic hydroxyl groups excluding tert-OH is 4. The lowest BCUT2D eigenvalue weighted by Crippen LogP contribution is -2.59. The minimum Gasteiger partial charge on any atom is -0.462 e. The van der Waals surface area contributed by atoms with Crippen molar-refractivity contribution in [2.75, 3.05) is 19.8 Å².